The van der Waals surface area contributed by atoms with Crippen molar-refractivity contribution in [3.05, 3.63) is 0 Å². The van der Waals surface area contributed by atoms with Crippen molar-refractivity contribution in [2.45, 2.75) is 65.0 Å². The van der Waals surface area contributed by atoms with Crippen LogP contribution in [0.2, 0.25) is 0 Å². The Kier molecular flexibility index (Phi) is 3.10. The lowest BCUT2D eigenvalue weighted by molar-refractivity contribution is -0.0167. The van der Waals surface area contributed by atoms with Gasteiger partial charge < -0.3 is 0 Å². The first-order valence-corrected chi connectivity index (χ1v) is 6.70. The maximum atomic E-state index is 14.1. The summed E-state index contributed by atoms with van der Waals surface area (Å²) in [4.78, 5) is 0. The third kappa shape index (κ3) is 2.21. The van der Waals surface area contributed by atoms with Gasteiger partial charge in [0, 0.05) is 0 Å². The van der Waals surface area contributed by atoms with Crippen LogP contribution in [0.5, 0.6) is 0 Å². The Balaban J connectivity index is 1.70. The highest BCUT2D eigenvalue weighted by atomic mass is 19.1. The van der Waals surface area contributed by atoms with Gasteiger partial charge in [-0.25, -0.2) is 4.39 Å². The highest BCUT2D eigenvalue weighted by Gasteiger charge is 2.44. The fraction of sp³-hybridized carbons (Fsp3) is 1.00. The molecule has 0 radical (unpaired) electrons. The van der Waals surface area contributed by atoms with Crippen molar-refractivity contribution in [1.29, 1.82) is 0 Å². The molecule has 1 atom stereocenters. The second-order valence-corrected chi connectivity index (χ2v) is 6.37. The number of alkyl halides is 1. The van der Waals surface area contributed by atoms with E-state index in [9.17, 15) is 4.39 Å². The third-order valence-corrected chi connectivity index (χ3v) is 4.97. The van der Waals surface area contributed by atoms with Crippen LogP contribution in [0.4, 0.5) is 4.39 Å². The molecular weight excluding hydrogens is 187 g/mol. The summed E-state index contributed by atoms with van der Waals surface area (Å²) in [6, 6.07) is 0. The van der Waals surface area contributed by atoms with E-state index in [-0.39, 0.29) is 0 Å². The van der Waals surface area contributed by atoms with Crippen LogP contribution in [-0.4, -0.2) is 5.67 Å². The number of halogens is 1. The van der Waals surface area contributed by atoms with Gasteiger partial charge in [-0.1, -0.05) is 20.8 Å². The molecule has 0 N–H and O–H groups in total. The smallest absolute Gasteiger partial charge is 0.113 e. The maximum Gasteiger partial charge on any atom is 0.113 e. The van der Waals surface area contributed by atoms with Crippen LogP contribution in [0.15, 0.2) is 0 Å². The summed E-state index contributed by atoms with van der Waals surface area (Å²) in [5.41, 5.74) is -0.775. The topological polar surface area (TPSA) is 0 Å². The first-order valence-electron chi connectivity index (χ1n) is 6.70. The van der Waals surface area contributed by atoms with E-state index in [4.69, 9.17) is 0 Å². The summed E-state index contributed by atoms with van der Waals surface area (Å²) < 4.78 is 14.1. The van der Waals surface area contributed by atoms with Crippen molar-refractivity contribution >= 4 is 0 Å². The van der Waals surface area contributed by atoms with E-state index in [1.807, 2.05) is 0 Å². The van der Waals surface area contributed by atoms with Gasteiger partial charge in [-0.3, -0.25) is 0 Å². The molecule has 0 amide bonds. The summed E-state index contributed by atoms with van der Waals surface area (Å²) in [6.45, 7) is 6.75. The minimum Gasteiger partial charge on any atom is -0.244 e. The Labute approximate surface area is 93.6 Å². The van der Waals surface area contributed by atoms with Crippen LogP contribution in [-0.2, 0) is 0 Å². The maximum absolute atomic E-state index is 14.1. The van der Waals surface area contributed by atoms with Crippen LogP contribution in [0.3, 0.4) is 0 Å². The molecule has 2 aliphatic rings. The second kappa shape index (κ2) is 4.07. The molecule has 2 aliphatic carbocycles. The fourth-order valence-electron chi connectivity index (χ4n) is 3.24. The average Bonchev–Trinajstić information content (AvgIpc) is 2.05. The first-order chi connectivity index (χ1) is 7.01. The summed E-state index contributed by atoms with van der Waals surface area (Å²) >= 11 is 0. The van der Waals surface area contributed by atoms with Crippen LogP contribution >= 0.6 is 0 Å². The predicted molar refractivity (Wildman–Crippen MR) is 62.5 cm³/mol. The van der Waals surface area contributed by atoms with Gasteiger partial charge in [-0.05, 0) is 62.2 Å². The second-order valence-electron chi connectivity index (χ2n) is 6.37. The molecular formula is C14H25F. The molecule has 2 rings (SSSR count). The van der Waals surface area contributed by atoms with E-state index in [2.05, 4.69) is 20.8 Å². The molecule has 0 saturated heterocycles. The number of hydrogen-bond acceptors (Lipinski definition) is 0. The molecule has 0 nitrogen and oxygen atoms in total. The normalized spacial score (nSPS) is 35.8. The van der Waals surface area contributed by atoms with E-state index in [1.165, 1.54) is 12.8 Å². The van der Waals surface area contributed by atoms with Crippen LogP contribution in [0, 0.1) is 23.7 Å². The highest BCUT2D eigenvalue weighted by Crippen LogP contribution is 2.48. The molecule has 0 spiro atoms. The van der Waals surface area contributed by atoms with Crippen molar-refractivity contribution in [3.8, 4) is 0 Å². The summed E-state index contributed by atoms with van der Waals surface area (Å²) in [5, 5.41) is 0. The van der Waals surface area contributed by atoms with E-state index in [0.717, 1.165) is 43.4 Å². The van der Waals surface area contributed by atoms with Crippen LogP contribution in [0.1, 0.15) is 59.3 Å². The van der Waals surface area contributed by atoms with Gasteiger partial charge in [-0.2, -0.15) is 0 Å². The molecule has 2 saturated carbocycles. The zero-order valence-electron chi connectivity index (χ0n) is 10.4. The summed E-state index contributed by atoms with van der Waals surface area (Å²) in [7, 11) is 0. The Morgan fingerprint density at radius 1 is 1.20 bits per heavy atom. The molecule has 0 aromatic carbocycles. The van der Waals surface area contributed by atoms with Crippen LogP contribution in [0.25, 0.3) is 0 Å². The minimum absolute atomic E-state index is 0.310. The lowest BCUT2D eigenvalue weighted by Crippen LogP contribution is -2.41. The lowest BCUT2D eigenvalue weighted by atomic mass is 9.63. The Morgan fingerprint density at radius 2 is 1.80 bits per heavy atom. The highest BCUT2D eigenvalue weighted by molar-refractivity contribution is 4.94. The first kappa shape index (κ1) is 11.4. The van der Waals surface area contributed by atoms with Crippen LogP contribution < -0.4 is 0 Å². The van der Waals surface area contributed by atoms with Gasteiger partial charge in [0.05, 0.1) is 0 Å². The number of hydrogen-bond donors (Lipinski definition) is 0. The Bertz CT molecular complexity index is 211. The quantitative estimate of drug-likeness (QED) is 0.639. The van der Waals surface area contributed by atoms with Gasteiger partial charge in [0.25, 0.3) is 0 Å². The SMILES string of the molecule is CC(C)C1CC(CC(C)C2(F)CCC2)C1. The standard InChI is InChI=1S/C14H25F/c1-10(2)13-8-12(9-13)7-11(3)14(15)5-4-6-14/h10-13H,4-9H2,1-3H3. The molecule has 1 unspecified atom stereocenters. The lowest BCUT2D eigenvalue weighted by Gasteiger charge is -2.44. The zero-order chi connectivity index (χ0) is 11.1. The van der Waals surface area contributed by atoms with E-state index in [0.29, 0.717) is 5.92 Å². The molecule has 0 heterocycles. The van der Waals surface area contributed by atoms with Gasteiger partial charge in [0.1, 0.15) is 5.67 Å². The zero-order valence-corrected chi connectivity index (χ0v) is 10.4. The van der Waals surface area contributed by atoms with Crippen molar-refractivity contribution in [1.82, 2.24) is 0 Å². The van der Waals surface area contributed by atoms with E-state index >= 15 is 0 Å². The van der Waals surface area contributed by atoms with Gasteiger partial charge >= 0.3 is 0 Å². The molecule has 1 heteroatoms. The van der Waals surface area contributed by atoms with Gasteiger partial charge in [0.15, 0.2) is 0 Å². The van der Waals surface area contributed by atoms with Gasteiger partial charge in [-0.15, -0.1) is 0 Å². The third-order valence-electron chi connectivity index (χ3n) is 4.97. The predicted octanol–water partition coefficient (Wildman–Crippen LogP) is 4.59. The number of rotatable bonds is 4. The van der Waals surface area contributed by atoms with E-state index in [1.54, 1.807) is 0 Å². The monoisotopic (exact) mass is 212 g/mol. The largest absolute Gasteiger partial charge is 0.244 e. The van der Waals surface area contributed by atoms with E-state index < -0.39 is 5.67 Å². The summed E-state index contributed by atoms with van der Waals surface area (Å²) in [5.74, 6) is 2.91. The molecule has 0 aromatic heterocycles. The molecule has 15 heavy (non-hydrogen) atoms. The van der Waals surface area contributed by atoms with Crippen molar-refractivity contribution in [3.63, 3.8) is 0 Å². The molecule has 0 bridgehead atoms. The van der Waals surface area contributed by atoms with Gasteiger partial charge in [0.2, 0.25) is 0 Å². The van der Waals surface area contributed by atoms with Crippen molar-refractivity contribution < 1.29 is 4.39 Å². The van der Waals surface area contributed by atoms with Crippen molar-refractivity contribution in [2.24, 2.45) is 23.7 Å². The molecule has 0 aliphatic heterocycles. The fourth-order valence-corrected chi connectivity index (χ4v) is 3.24. The average molecular weight is 212 g/mol. The molecule has 88 valence electrons. The Hall–Kier alpha value is -0.0700. The van der Waals surface area contributed by atoms with Crippen molar-refractivity contribution in [2.75, 3.05) is 0 Å². The Morgan fingerprint density at radius 3 is 2.20 bits per heavy atom. The molecule has 0 aromatic rings. The molecule has 2 fully saturated rings. The minimum atomic E-state index is -0.775. The summed E-state index contributed by atoms with van der Waals surface area (Å²) in [6.07, 6.45) is 6.62.